The number of nitrogens with zero attached hydrogens (tertiary/aromatic N) is 1. The third-order valence-electron chi connectivity index (χ3n) is 5.87. The van der Waals surface area contributed by atoms with Crippen LogP contribution in [0.2, 0.25) is 0 Å². The van der Waals surface area contributed by atoms with Crippen molar-refractivity contribution in [3.05, 3.63) is 94.5 Å². The van der Waals surface area contributed by atoms with Crippen molar-refractivity contribution in [1.29, 1.82) is 0 Å². The number of rotatable bonds is 7. The normalized spacial score (nSPS) is 12.3. The van der Waals surface area contributed by atoms with E-state index in [2.05, 4.69) is 5.32 Å². The van der Waals surface area contributed by atoms with E-state index in [9.17, 15) is 13.2 Å². The summed E-state index contributed by atoms with van der Waals surface area (Å²) in [5.74, 6) is -0.365. The molecule has 1 amide bonds. The van der Waals surface area contributed by atoms with Gasteiger partial charge in [-0.15, -0.1) is 0 Å². The molecule has 168 valence electrons. The molecule has 0 spiro atoms. The summed E-state index contributed by atoms with van der Waals surface area (Å²) in [5, 5.41) is 2.96. The highest BCUT2D eigenvalue weighted by Gasteiger charge is 2.29. The lowest BCUT2D eigenvalue weighted by Gasteiger charge is -2.27. The molecule has 3 aromatic rings. The molecule has 6 heteroatoms. The second-order valence-electron chi connectivity index (χ2n) is 8.18. The molecule has 0 heterocycles. The number of nitrogens with one attached hydrogen (secondary N) is 1. The first kappa shape index (κ1) is 23.5. The van der Waals surface area contributed by atoms with Crippen LogP contribution in [0, 0.1) is 27.7 Å². The first-order chi connectivity index (χ1) is 15.1. The fourth-order valence-electron chi connectivity index (χ4n) is 3.56. The minimum Gasteiger partial charge on any atom is -0.348 e. The highest BCUT2D eigenvalue weighted by molar-refractivity contribution is 7.92. The van der Waals surface area contributed by atoms with Gasteiger partial charge in [-0.3, -0.25) is 9.10 Å². The van der Waals surface area contributed by atoms with Crippen molar-refractivity contribution in [2.75, 3.05) is 10.8 Å². The lowest BCUT2D eigenvalue weighted by Crippen LogP contribution is -2.42. The maximum atomic E-state index is 13.5. The minimum absolute atomic E-state index is 0.149. The van der Waals surface area contributed by atoms with Gasteiger partial charge in [0.25, 0.3) is 10.0 Å². The lowest BCUT2D eigenvalue weighted by atomic mass is 10.0. The van der Waals surface area contributed by atoms with Gasteiger partial charge in [-0.1, -0.05) is 48.5 Å². The van der Waals surface area contributed by atoms with Gasteiger partial charge in [0, 0.05) is 0 Å². The summed E-state index contributed by atoms with van der Waals surface area (Å²) in [6.45, 7) is 9.45. The predicted octanol–water partition coefficient (Wildman–Crippen LogP) is 4.99. The zero-order chi connectivity index (χ0) is 23.5. The van der Waals surface area contributed by atoms with Crippen molar-refractivity contribution >= 4 is 21.6 Å². The average Bonchev–Trinajstić information content (AvgIpc) is 2.76. The van der Waals surface area contributed by atoms with E-state index < -0.39 is 10.0 Å². The van der Waals surface area contributed by atoms with Crippen LogP contribution in [0.1, 0.15) is 40.8 Å². The van der Waals surface area contributed by atoms with Crippen LogP contribution < -0.4 is 9.62 Å². The molecule has 0 radical (unpaired) electrons. The van der Waals surface area contributed by atoms with Gasteiger partial charge in [0.1, 0.15) is 6.54 Å². The molecule has 3 aromatic carbocycles. The van der Waals surface area contributed by atoms with E-state index in [1.807, 2.05) is 58.9 Å². The topological polar surface area (TPSA) is 66.5 Å². The standard InChI is InChI=1S/C26H30N2O3S/c1-18-14-15-23(16-20(18)3)22(5)27-26(29)17-28(25-13-9-10-19(2)21(25)4)32(30,31)24-11-7-6-8-12-24/h6-16,22H,17H2,1-5H3,(H,27,29). The molecule has 1 atom stereocenters. The molecule has 0 bridgehead atoms. The Morgan fingerprint density at radius 2 is 1.56 bits per heavy atom. The van der Waals surface area contributed by atoms with Crippen LogP contribution in [0.15, 0.2) is 71.6 Å². The molecule has 0 aliphatic carbocycles. The number of benzene rings is 3. The van der Waals surface area contributed by atoms with Gasteiger partial charge in [-0.25, -0.2) is 8.42 Å². The van der Waals surface area contributed by atoms with E-state index in [0.29, 0.717) is 5.69 Å². The van der Waals surface area contributed by atoms with Crippen molar-refractivity contribution < 1.29 is 13.2 Å². The molecule has 1 unspecified atom stereocenters. The molecule has 0 aliphatic rings. The summed E-state index contributed by atoms with van der Waals surface area (Å²) >= 11 is 0. The third-order valence-corrected chi connectivity index (χ3v) is 7.65. The van der Waals surface area contributed by atoms with Crippen LogP contribution in [0.4, 0.5) is 5.69 Å². The van der Waals surface area contributed by atoms with Crippen LogP contribution in [0.5, 0.6) is 0 Å². The van der Waals surface area contributed by atoms with Gasteiger partial charge in [-0.2, -0.15) is 0 Å². The molecule has 3 rings (SSSR count). The predicted molar refractivity (Wildman–Crippen MR) is 129 cm³/mol. The smallest absolute Gasteiger partial charge is 0.264 e. The molecule has 32 heavy (non-hydrogen) atoms. The second kappa shape index (κ2) is 9.57. The van der Waals surface area contributed by atoms with Crippen molar-refractivity contribution in [2.45, 2.75) is 45.6 Å². The Kier molecular flexibility index (Phi) is 7.04. The molecule has 0 aromatic heterocycles. The van der Waals surface area contributed by atoms with Crippen LogP contribution >= 0.6 is 0 Å². The van der Waals surface area contributed by atoms with E-state index >= 15 is 0 Å². The van der Waals surface area contributed by atoms with Gasteiger partial charge >= 0.3 is 0 Å². The highest BCUT2D eigenvalue weighted by atomic mass is 32.2. The Morgan fingerprint density at radius 3 is 2.22 bits per heavy atom. The Hall–Kier alpha value is -3.12. The molecule has 0 aliphatic heterocycles. The molecule has 0 saturated carbocycles. The quantitative estimate of drug-likeness (QED) is 0.551. The van der Waals surface area contributed by atoms with E-state index in [1.165, 1.54) is 9.87 Å². The number of hydrogen-bond donors (Lipinski definition) is 1. The summed E-state index contributed by atoms with van der Waals surface area (Å²) in [6, 6.07) is 19.5. The van der Waals surface area contributed by atoms with E-state index in [4.69, 9.17) is 0 Å². The lowest BCUT2D eigenvalue weighted by molar-refractivity contribution is -0.120. The number of hydrogen-bond acceptors (Lipinski definition) is 3. The minimum atomic E-state index is -3.93. The van der Waals surface area contributed by atoms with Crippen molar-refractivity contribution in [3.63, 3.8) is 0 Å². The summed E-state index contributed by atoms with van der Waals surface area (Å²) in [5.41, 5.74) is 5.59. The van der Waals surface area contributed by atoms with Crippen molar-refractivity contribution in [3.8, 4) is 0 Å². The van der Waals surface area contributed by atoms with Gasteiger partial charge in [0.05, 0.1) is 16.6 Å². The van der Waals surface area contributed by atoms with Crippen LogP contribution in [-0.4, -0.2) is 20.9 Å². The number of amides is 1. The Morgan fingerprint density at radius 1 is 0.875 bits per heavy atom. The SMILES string of the molecule is Cc1ccc(C(C)NC(=O)CN(c2cccc(C)c2C)S(=O)(=O)c2ccccc2)cc1C. The van der Waals surface area contributed by atoms with Crippen LogP contribution in [0.25, 0.3) is 0 Å². The number of aryl methyl sites for hydroxylation is 3. The van der Waals surface area contributed by atoms with Gasteiger partial charge < -0.3 is 5.32 Å². The third kappa shape index (κ3) is 5.02. The summed E-state index contributed by atoms with van der Waals surface area (Å²) < 4.78 is 28.2. The van der Waals surface area contributed by atoms with Gasteiger partial charge in [0.2, 0.25) is 5.91 Å². The maximum Gasteiger partial charge on any atom is 0.264 e. The number of carbonyl (C=O) groups excluding carboxylic acids is 1. The average molecular weight is 451 g/mol. The molecule has 0 fully saturated rings. The Balaban J connectivity index is 1.93. The second-order valence-corrected chi connectivity index (χ2v) is 10.0. The molecule has 5 nitrogen and oxygen atoms in total. The molecular formula is C26H30N2O3S. The highest BCUT2D eigenvalue weighted by Crippen LogP contribution is 2.28. The van der Waals surface area contributed by atoms with Crippen LogP contribution in [-0.2, 0) is 14.8 Å². The fraction of sp³-hybridized carbons (Fsp3) is 0.269. The first-order valence-electron chi connectivity index (χ1n) is 10.6. The van der Waals surface area contributed by atoms with Gasteiger partial charge in [-0.05, 0) is 80.6 Å². The zero-order valence-corrected chi connectivity index (χ0v) is 20.0. The largest absolute Gasteiger partial charge is 0.348 e. The monoisotopic (exact) mass is 450 g/mol. The van der Waals surface area contributed by atoms with E-state index in [1.54, 1.807) is 42.5 Å². The molecule has 1 N–H and O–H groups in total. The van der Waals surface area contributed by atoms with Crippen LogP contribution in [0.3, 0.4) is 0 Å². The Labute approximate surface area is 191 Å². The maximum absolute atomic E-state index is 13.5. The number of sulfonamides is 1. The molecule has 0 saturated heterocycles. The van der Waals surface area contributed by atoms with Crippen molar-refractivity contribution in [2.24, 2.45) is 0 Å². The summed E-state index contributed by atoms with van der Waals surface area (Å²) in [7, 11) is -3.93. The number of anilines is 1. The first-order valence-corrected chi connectivity index (χ1v) is 12.1. The summed E-state index contributed by atoms with van der Waals surface area (Å²) in [6.07, 6.45) is 0. The van der Waals surface area contributed by atoms with E-state index in [0.717, 1.165) is 22.3 Å². The van der Waals surface area contributed by atoms with Crippen molar-refractivity contribution in [1.82, 2.24) is 5.32 Å². The fourth-order valence-corrected chi connectivity index (χ4v) is 5.06. The zero-order valence-electron chi connectivity index (χ0n) is 19.2. The summed E-state index contributed by atoms with van der Waals surface area (Å²) in [4.78, 5) is 13.2. The molecular weight excluding hydrogens is 420 g/mol. The van der Waals surface area contributed by atoms with E-state index in [-0.39, 0.29) is 23.4 Å². The number of carbonyl (C=O) groups is 1. The Bertz CT molecular complexity index is 1220. The van der Waals surface area contributed by atoms with Gasteiger partial charge in [0.15, 0.2) is 0 Å².